The van der Waals surface area contributed by atoms with E-state index in [1.165, 1.54) is 50.3 Å². The van der Waals surface area contributed by atoms with Crippen LogP contribution >= 0.6 is 9.24 Å². The van der Waals surface area contributed by atoms with E-state index in [4.69, 9.17) is 9.84 Å². The zero-order chi connectivity index (χ0) is 23.6. The Morgan fingerprint density at radius 3 is 2.47 bits per heavy atom. The lowest BCUT2D eigenvalue weighted by Crippen LogP contribution is -2.27. The summed E-state index contributed by atoms with van der Waals surface area (Å²) >= 11 is 0. The zero-order valence-electron chi connectivity index (χ0n) is 17.6. The maximum absolute atomic E-state index is 13.6. The standard InChI is InChI=1S/C22H22F2N3O4P/c1-12(14-7-9-15(10-8-14)21(29)30)25-19(28)18-13(2)26-27(3)20(18)31-17-6-4-5-16(11-17)22(23,24)32/h4-12H,32H2,1-3H3,(H,25,28)(H,29,30). The Morgan fingerprint density at radius 2 is 1.88 bits per heavy atom. The molecule has 2 atom stereocenters. The fourth-order valence-corrected chi connectivity index (χ4v) is 3.34. The SMILES string of the molecule is Cc1nn(C)c(Oc2cccc(C(F)(F)P)c2)c1C(=O)NC(C)c1ccc(C(=O)O)cc1. The first-order chi connectivity index (χ1) is 15.0. The first kappa shape index (κ1) is 23.3. The number of benzene rings is 2. The molecule has 1 heterocycles. The van der Waals surface area contributed by atoms with E-state index in [1.807, 2.05) is 0 Å². The molecule has 0 radical (unpaired) electrons. The minimum atomic E-state index is -3.12. The van der Waals surface area contributed by atoms with Crippen LogP contribution in [-0.2, 0) is 12.7 Å². The summed E-state index contributed by atoms with van der Waals surface area (Å²) in [5.41, 5.74) is -1.94. The molecule has 0 aliphatic heterocycles. The molecule has 1 amide bonds. The van der Waals surface area contributed by atoms with Crippen molar-refractivity contribution in [3.63, 3.8) is 0 Å². The summed E-state index contributed by atoms with van der Waals surface area (Å²) in [4.78, 5) is 24.0. The second kappa shape index (κ2) is 9.04. The molecule has 0 saturated heterocycles. The number of carboxylic acid groups (broad SMARTS) is 1. The fraction of sp³-hybridized carbons (Fsp3) is 0.227. The van der Waals surface area contributed by atoms with Crippen LogP contribution in [0.15, 0.2) is 48.5 Å². The highest BCUT2D eigenvalue weighted by atomic mass is 31.0. The molecule has 0 aliphatic carbocycles. The molecule has 0 bridgehead atoms. The van der Waals surface area contributed by atoms with Crippen LogP contribution in [0.2, 0.25) is 0 Å². The van der Waals surface area contributed by atoms with Gasteiger partial charge >= 0.3 is 5.97 Å². The molecular formula is C22H22F2N3O4P. The number of halogens is 2. The Bertz CT molecular complexity index is 1160. The number of hydrogen-bond donors (Lipinski definition) is 2. The van der Waals surface area contributed by atoms with Crippen LogP contribution < -0.4 is 10.1 Å². The number of ether oxygens (including phenoxy) is 1. The van der Waals surface area contributed by atoms with E-state index < -0.39 is 23.6 Å². The van der Waals surface area contributed by atoms with Gasteiger partial charge in [0.2, 0.25) is 5.88 Å². The second-order valence-electron chi connectivity index (χ2n) is 7.26. The van der Waals surface area contributed by atoms with Gasteiger partial charge in [-0.15, -0.1) is 0 Å². The molecule has 0 saturated carbocycles. The number of alkyl halides is 2. The lowest BCUT2D eigenvalue weighted by molar-refractivity contribution is 0.0696. The summed E-state index contributed by atoms with van der Waals surface area (Å²) in [6.07, 6.45) is 0. The van der Waals surface area contributed by atoms with Crippen LogP contribution in [0, 0.1) is 6.92 Å². The first-order valence-corrected chi connectivity index (χ1v) is 10.2. The van der Waals surface area contributed by atoms with E-state index in [0.717, 1.165) is 0 Å². The monoisotopic (exact) mass is 461 g/mol. The van der Waals surface area contributed by atoms with E-state index in [9.17, 15) is 18.4 Å². The predicted octanol–water partition coefficient (Wildman–Crippen LogP) is 4.63. The molecule has 0 spiro atoms. The largest absolute Gasteiger partial charge is 0.478 e. The van der Waals surface area contributed by atoms with Gasteiger partial charge in [-0.2, -0.15) is 13.9 Å². The number of hydrogen-bond acceptors (Lipinski definition) is 4. The number of rotatable bonds is 7. The highest BCUT2D eigenvalue weighted by Gasteiger charge is 2.27. The number of carbonyl (C=O) groups is 2. The molecule has 1 aromatic heterocycles. The molecule has 168 valence electrons. The lowest BCUT2D eigenvalue weighted by atomic mass is 10.1. The van der Waals surface area contributed by atoms with Crippen molar-refractivity contribution in [2.24, 2.45) is 7.05 Å². The molecule has 2 aromatic carbocycles. The summed E-state index contributed by atoms with van der Waals surface area (Å²) < 4.78 is 34.4. The predicted molar refractivity (Wildman–Crippen MR) is 117 cm³/mol. The summed E-state index contributed by atoms with van der Waals surface area (Å²) in [7, 11) is 3.06. The number of aryl methyl sites for hydroxylation is 2. The highest BCUT2D eigenvalue weighted by molar-refractivity contribution is 7.17. The molecule has 7 nitrogen and oxygen atoms in total. The smallest absolute Gasteiger partial charge is 0.335 e. The number of aromatic nitrogens is 2. The van der Waals surface area contributed by atoms with Crippen LogP contribution in [-0.4, -0.2) is 26.8 Å². The number of aromatic carboxylic acids is 1. The molecule has 3 aromatic rings. The molecule has 2 unspecified atom stereocenters. The minimum Gasteiger partial charge on any atom is -0.478 e. The van der Waals surface area contributed by atoms with Gasteiger partial charge in [-0.3, -0.25) is 4.79 Å². The third kappa shape index (κ3) is 5.11. The Kier molecular flexibility index (Phi) is 6.60. The van der Waals surface area contributed by atoms with Crippen molar-refractivity contribution in [2.45, 2.75) is 25.6 Å². The third-order valence-electron chi connectivity index (χ3n) is 4.84. The number of nitrogens with one attached hydrogen (secondary N) is 1. The van der Waals surface area contributed by atoms with Crippen LogP contribution in [0.5, 0.6) is 11.6 Å². The number of nitrogens with zero attached hydrogens (tertiary/aromatic N) is 2. The average molecular weight is 461 g/mol. The maximum Gasteiger partial charge on any atom is 0.335 e. The van der Waals surface area contributed by atoms with Crippen LogP contribution in [0.25, 0.3) is 0 Å². The van der Waals surface area contributed by atoms with E-state index in [-0.39, 0.29) is 28.3 Å². The summed E-state index contributed by atoms with van der Waals surface area (Å²) in [5, 5.41) is 16.1. The number of amides is 1. The minimum absolute atomic E-state index is 0.109. The summed E-state index contributed by atoms with van der Waals surface area (Å²) in [5.74, 6) is -1.26. The van der Waals surface area contributed by atoms with Gasteiger partial charge in [0, 0.05) is 12.6 Å². The number of carbonyl (C=O) groups excluding carboxylic acids is 1. The van der Waals surface area contributed by atoms with Gasteiger partial charge in [0.15, 0.2) is 0 Å². The molecule has 0 fully saturated rings. The van der Waals surface area contributed by atoms with Crippen molar-refractivity contribution >= 4 is 21.1 Å². The van der Waals surface area contributed by atoms with Gasteiger partial charge < -0.3 is 15.2 Å². The third-order valence-corrected chi connectivity index (χ3v) is 5.17. The zero-order valence-corrected chi connectivity index (χ0v) is 18.8. The topological polar surface area (TPSA) is 93.5 Å². The molecule has 32 heavy (non-hydrogen) atoms. The van der Waals surface area contributed by atoms with Crippen molar-refractivity contribution in [2.75, 3.05) is 0 Å². The van der Waals surface area contributed by atoms with Crippen LogP contribution in [0.1, 0.15) is 50.5 Å². The van der Waals surface area contributed by atoms with Crippen molar-refractivity contribution in [3.8, 4) is 11.6 Å². The fourth-order valence-electron chi connectivity index (χ4n) is 3.16. The maximum atomic E-state index is 13.6. The van der Waals surface area contributed by atoms with Crippen molar-refractivity contribution in [1.29, 1.82) is 0 Å². The van der Waals surface area contributed by atoms with Gasteiger partial charge in [0.1, 0.15) is 11.3 Å². The molecule has 0 aliphatic rings. The van der Waals surface area contributed by atoms with Crippen LogP contribution in [0.3, 0.4) is 0 Å². The summed E-state index contributed by atoms with van der Waals surface area (Å²) in [6, 6.07) is 11.1. The first-order valence-electron chi connectivity index (χ1n) is 9.60. The van der Waals surface area contributed by atoms with Gasteiger partial charge in [0.05, 0.1) is 17.3 Å². The van der Waals surface area contributed by atoms with Crippen molar-refractivity contribution < 1.29 is 28.2 Å². The van der Waals surface area contributed by atoms with Crippen LogP contribution in [0.4, 0.5) is 8.78 Å². The van der Waals surface area contributed by atoms with E-state index in [1.54, 1.807) is 33.0 Å². The molecule has 10 heteroatoms. The lowest BCUT2D eigenvalue weighted by Gasteiger charge is -2.16. The van der Waals surface area contributed by atoms with Gasteiger partial charge in [0.25, 0.3) is 11.6 Å². The Balaban J connectivity index is 1.84. The van der Waals surface area contributed by atoms with Gasteiger partial charge in [-0.05, 0) is 43.7 Å². The van der Waals surface area contributed by atoms with E-state index in [0.29, 0.717) is 11.3 Å². The second-order valence-corrected chi connectivity index (χ2v) is 7.99. The number of carboxylic acids is 1. The summed E-state index contributed by atoms with van der Waals surface area (Å²) in [6.45, 7) is 3.39. The molecule has 2 N–H and O–H groups in total. The average Bonchev–Trinajstić information content (AvgIpc) is 3.00. The highest BCUT2D eigenvalue weighted by Crippen LogP contribution is 2.37. The quantitative estimate of drug-likeness (QED) is 0.501. The Labute approximate surface area is 185 Å². The normalized spacial score (nSPS) is 12.3. The van der Waals surface area contributed by atoms with Gasteiger partial charge in [-0.1, -0.05) is 33.5 Å². The van der Waals surface area contributed by atoms with Crippen molar-refractivity contribution in [1.82, 2.24) is 15.1 Å². The van der Waals surface area contributed by atoms with Crippen molar-refractivity contribution in [3.05, 3.63) is 76.5 Å². The Morgan fingerprint density at radius 1 is 1.22 bits per heavy atom. The van der Waals surface area contributed by atoms with E-state index >= 15 is 0 Å². The van der Waals surface area contributed by atoms with Gasteiger partial charge in [-0.25, -0.2) is 9.48 Å². The molecular weight excluding hydrogens is 439 g/mol. The molecule has 3 rings (SSSR count). The Hall–Kier alpha value is -3.32. The van der Waals surface area contributed by atoms with E-state index in [2.05, 4.69) is 10.4 Å².